The highest BCUT2D eigenvalue weighted by molar-refractivity contribution is 7.14. The molecule has 3 aromatic rings. The number of halogens is 3. The first-order chi connectivity index (χ1) is 11.8. The number of hydrogen-bond acceptors (Lipinski definition) is 6. The number of rotatable bonds is 4. The number of nitrogens with one attached hydrogen (secondary N) is 1. The monoisotopic (exact) mass is 366 g/mol. The Labute approximate surface area is 144 Å². The van der Waals surface area contributed by atoms with Crippen molar-refractivity contribution in [3.8, 4) is 11.3 Å². The minimum Gasteiger partial charge on any atom is -0.383 e. The number of hydrazone groups is 1. The van der Waals surface area contributed by atoms with E-state index in [-0.39, 0.29) is 0 Å². The fourth-order valence-corrected chi connectivity index (χ4v) is 2.74. The van der Waals surface area contributed by atoms with Crippen LogP contribution in [0.3, 0.4) is 0 Å². The second kappa shape index (κ2) is 6.55. The summed E-state index contributed by atoms with van der Waals surface area (Å²) in [5.41, 5.74) is 8.87. The zero-order valence-corrected chi connectivity index (χ0v) is 13.8. The van der Waals surface area contributed by atoms with E-state index in [9.17, 15) is 13.2 Å². The van der Waals surface area contributed by atoms with E-state index in [2.05, 4.69) is 20.6 Å². The van der Waals surface area contributed by atoms with E-state index in [1.54, 1.807) is 29.6 Å². The van der Waals surface area contributed by atoms with Crippen molar-refractivity contribution in [1.29, 1.82) is 0 Å². The Bertz CT molecular complexity index is 912. The highest BCUT2D eigenvalue weighted by Gasteiger charge is 2.34. The van der Waals surface area contributed by atoms with Crippen LogP contribution in [0.1, 0.15) is 11.3 Å². The van der Waals surface area contributed by atoms with Gasteiger partial charge in [0.05, 0.1) is 11.9 Å². The Morgan fingerprint density at radius 1 is 1.32 bits per heavy atom. The number of aromatic nitrogens is 3. The van der Waals surface area contributed by atoms with Gasteiger partial charge in [-0.25, -0.2) is 4.98 Å². The molecule has 0 bridgehead atoms. The maximum atomic E-state index is 12.9. The number of hydrogen-bond donors (Lipinski definition) is 2. The summed E-state index contributed by atoms with van der Waals surface area (Å²) >= 11 is 1.29. The van der Waals surface area contributed by atoms with Gasteiger partial charge in [-0.05, 0) is 6.07 Å². The zero-order valence-electron chi connectivity index (χ0n) is 12.9. The summed E-state index contributed by atoms with van der Waals surface area (Å²) in [4.78, 5) is 4.00. The summed E-state index contributed by atoms with van der Waals surface area (Å²) in [5, 5.41) is 9.79. The first-order valence-electron chi connectivity index (χ1n) is 7.05. The van der Waals surface area contributed by atoms with Gasteiger partial charge in [0.1, 0.15) is 5.82 Å². The van der Waals surface area contributed by atoms with Crippen LogP contribution in [0.5, 0.6) is 0 Å². The van der Waals surface area contributed by atoms with Crippen LogP contribution in [0.25, 0.3) is 11.3 Å². The molecule has 0 unspecified atom stereocenters. The minimum absolute atomic E-state index is 0.341. The molecule has 0 spiro atoms. The molecular weight excluding hydrogens is 353 g/mol. The van der Waals surface area contributed by atoms with E-state index < -0.39 is 11.9 Å². The van der Waals surface area contributed by atoms with Gasteiger partial charge in [-0.15, -0.1) is 11.3 Å². The molecular formula is C15H13F3N6S. The third kappa shape index (κ3) is 3.79. The van der Waals surface area contributed by atoms with Gasteiger partial charge in [0, 0.05) is 23.6 Å². The fourth-order valence-electron chi connectivity index (χ4n) is 2.20. The van der Waals surface area contributed by atoms with Crippen LogP contribution in [0.4, 0.5) is 24.1 Å². The summed E-state index contributed by atoms with van der Waals surface area (Å²) in [6.45, 7) is 0. The second-order valence-corrected chi connectivity index (χ2v) is 5.93. The Morgan fingerprint density at radius 3 is 2.72 bits per heavy atom. The van der Waals surface area contributed by atoms with Gasteiger partial charge in [-0.1, -0.05) is 24.3 Å². The molecule has 3 N–H and O–H groups in total. The summed E-state index contributed by atoms with van der Waals surface area (Å²) < 4.78 is 39.8. The first kappa shape index (κ1) is 17.0. The molecule has 0 amide bonds. The molecule has 0 saturated heterocycles. The van der Waals surface area contributed by atoms with Crippen LogP contribution in [0, 0.1) is 0 Å². The Balaban J connectivity index is 1.90. The smallest absolute Gasteiger partial charge is 0.383 e. The Hall–Kier alpha value is -2.88. The third-order valence-corrected chi connectivity index (χ3v) is 4.06. The van der Waals surface area contributed by atoms with E-state index in [1.165, 1.54) is 29.3 Å². The number of nitrogens with two attached hydrogens (primary N) is 1. The first-order valence-corrected chi connectivity index (χ1v) is 7.93. The number of nitrogen functional groups attached to an aromatic ring is 1. The van der Waals surface area contributed by atoms with Crippen molar-refractivity contribution in [2.24, 2.45) is 12.1 Å². The average Bonchev–Trinajstić information content (AvgIpc) is 3.13. The summed E-state index contributed by atoms with van der Waals surface area (Å²) in [5.74, 6) is 0.387. The fraction of sp³-hybridized carbons (Fsp3) is 0.133. The standard InChI is InChI=1S/C15H13F3N6S/c1-24-11(6-12(23-24)15(16,17)18)10-5-3-2-4-9(10)7-20-22-14-21-13(19)8-25-14/h2-8H,19H2,1H3,(H,21,22). The van der Waals surface area contributed by atoms with Crippen molar-refractivity contribution in [3.63, 3.8) is 0 Å². The molecule has 0 aliphatic rings. The molecule has 6 nitrogen and oxygen atoms in total. The molecule has 0 aliphatic heterocycles. The quantitative estimate of drug-likeness (QED) is 0.546. The molecule has 0 saturated carbocycles. The van der Waals surface area contributed by atoms with E-state index in [4.69, 9.17) is 5.73 Å². The van der Waals surface area contributed by atoms with Crippen LogP contribution < -0.4 is 11.2 Å². The van der Waals surface area contributed by atoms with E-state index in [0.29, 0.717) is 27.8 Å². The van der Waals surface area contributed by atoms with Crippen molar-refractivity contribution in [1.82, 2.24) is 14.8 Å². The lowest BCUT2D eigenvalue weighted by Gasteiger charge is -2.05. The van der Waals surface area contributed by atoms with Gasteiger partial charge in [0.2, 0.25) is 5.13 Å². The van der Waals surface area contributed by atoms with Crippen molar-refractivity contribution in [3.05, 3.63) is 47.0 Å². The van der Waals surface area contributed by atoms with Crippen molar-refractivity contribution in [2.45, 2.75) is 6.18 Å². The Morgan fingerprint density at radius 2 is 2.08 bits per heavy atom. The molecule has 0 fully saturated rings. The largest absolute Gasteiger partial charge is 0.435 e. The Kier molecular flexibility index (Phi) is 4.45. The van der Waals surface area contributed by atoms with E-state index in [1.807, 2.05) is 0 Å². The molecule has 1 aromatic carbocycles. The zero-order chi connectivity index (χ0) is 18.0. The van der Waals surface area contributed by atoms with Crippen LogP contribution >= 0.6 is 11.3 Å². The van der Waals surface area contributed by atoms with Gasteiger partial charge in [0.15, 0.2) is 5.69 Å². The second-order valence-electron chi connectivity index (χ2n) is 5.07. The van der Waals surface area contributed by atoms with Gasteiger partial charge in [-0.2, -0.15) is 23.4 Å². The number of aryl methyl sites for hydroxylation is 1. The molecule has 0 atom stereocenters. The van der Waals surface area contributed by atoms with E-state index >= 15 is 0 Å². The molecule has 2 aromatic heterocycles. The SMILES string of the molecule is Cn1nc(C(F)(F)F)cc1-c1ccccc1C=NNc1nc(N)cs1. The van der Waals surface area contributed by atoms with Crippen LogP contribution in [-0.2, 0) is 13.2 Å². The van der Waals surface area contributed by atoms with Crippen molar-refractivity contribution < 1.29 is 13.2 Å². The van der Waals surface area contributed by atoms with Crippen LogP contribution in [0.15, 0.2) is 40.8 Å². The van der Waals surface area contributed by atoms with Crippen molar-refractivity contribution in [2.75, 3.05) is 11.2 Å². The van der Waals surface area contributed by atoms with Gasteiger partial charge < -0.3 is 5.73 Å². The third-order valence-electron chi connectivity index (χ3n) is 3.29. The van der Waals surface area contributed by atoms with Gasteiger partial charge >= 0.3 is 6.18 Å². The predicted octanol–water partition coefficient (Wildman–Crippen LogP) is 3.59. The summed E-state index contributed by atoms with van der Waals surface area (Å²) in [7, 11) is 1.47. The number of alkyl halides is 3. The lowest BCUT2D eigenvalue weighted by atomic mass is 10.1. The average molecular weight is 366 g/mol. The molecule has 130 valence electrons. The maximum absolute atomic E-state index is 12.9. The molecule has 3 rings (SSSR count). The normalized spacial score (nSPS) is 12.0. The highest BCUT2D eigenvalue weighted by atomic mass is 32.1. The lowest BCUT2D eigenvalue weighted by molar-refractivity contribution is -0.141. The molecule has 25 heavy (non-hydrogen) atoms. The minimum atomic E-state index is -4.49. The molecule has 0 radical (unpaired) electrons. The number of benzene rings is 1. The predicted molar refractivity (Wildman–Crippen MR) is 91.4 cm³/mol. The number of anilines is 2. The van der Waals surface area contributed by atoms with Gasteiger partial charge in [0.25, 0.3) is 0 Å². The van der Waals surface area contributed by atoms with E-state index in [0.717, 1.165) is 6.07 Å². The van der Waals surface area contributed by atoms with Crippen LogP contribution in [-0.4, -0.2) is 21.0 Å². The number of thiazole rings is 1. The van der Waals surface area contributed by atoms with Crippen molar-refractivity contribution >= 4 is 28.5 Å². The topological polar surface area (TPSA) is 81.1 Å². The van der Waals surface area contributed by atoms with Crippen LogP contribution in [0.2, 0.25) is 0 Å². The molecule has 2 heterocycles. The highest BCUT2D eigenvalue weighted by Crippen LogP contribution is 2.32. The van der Waals surface area contributed by atoms with Gasteiger partial charge in [-0.3, -0.25) is 10.1 Å². The number of nitrogens with zero attached hydrogens (tertiary/aromatic N) is 4. The summed E-state index contributed by atoms with van der Waals surface area (Å²) in [6.07, 6.45) is -2.99. The summed E-state index contributed by atoms with van der Waals surface area (Å²) in [6, 6.07) is 7.98. The molecule has 10 heteroatoms. The molecule has 0 aliphatic carbocycles. The maximum Gasteiger partial charge on any atom is 0.435 e. The lowest BCUT2D eigenvalue weighted by Crippen LogP contribution is -2.06.